The third-order valence-corrected chi connectivity index (χ3v) is 2.33. The van der Waals surface area contributed by atoms with Gasteiger partial charge >= 0.3 is 0 Å². The van der Waals surface area contributed by atoms with Crippen molar-refractivity contribution >= 4 is 5.78 Å². The van der Waals surface area contributed by atoms with Crippen molar-refractivity contribution in [3.8, 4) is 18.1 Å². The van der Waals surface area contributed by atoms with Crippen molar-refractivity contribution in [1.82, 2.24) is 0 Å². The third-order valence-electron chi connectivity index (χ3n) is 2.33. The van der Waals surface area contributed by atoms with Gasteiger partial charge in [0.05, 0.1) is 0 Å². The number of hydrogen-bond acceptors (Lipinski definition) is 2. The Morgan fingerprint density at radius 2 is 2.29 bits per heavy atom. The van der Waals surface area contributed by atoms with Crippen LogP contribution in [0.4, 0.5) is 0 Å². The second-order valence-corrected chi connectivity index (χ2v) is 3.23. The average Bonchev–Trinajstić information content (AvgIpc) is 2.57. The number of ether oxygens (including phenoxy) is 1. The van der Waals surface area contributed by atoms with Crippen molar-refractivity contribution in [2.75, 3.05) is 6.61 Å². The van der Waals surface area contributed by atoms with Gasteiger partial charge in [0, 0.05) is 12.0 Å². The number of aryl methyl sites for hydroxylation is 1. The van der Waals surface area contributed by atoms with Crippen LogP contribution in [0.1, 0.15) is 22.3 Å². The van der Waals surface area contributed by atoms with Gasteiger partial charge in [-0.1, -0.05) is 12.0 Å². The largest absolute Gasteiger partial charge is 0.481 e. The molecule has 0 bridgehead atoms. The van der Waals surface area contributed by atoms with Gasteiger partial charge in [0.25, 0.3) is 0 Å². The number of carbonyl (C=O) groups is 1. The summed E-state index contributed by atoms with van der Waals surface area (Å²) in [5.41, 5.74) is 1.91. The molecular weight excluding hydrogens is 176 g/mol. The van der Waals surface area contributed by atoms with Crippen molar-refractivity contribution in [3.63, 3.8) is 0 Å². The van der Waals surface area contributed by atoms with Gasteiger partial charge < -0.3 is 4.74 Å². The van der Waals surface area contributed by atoms with Gasteiger partial charge in [0.1, 0.15) is 12.4 Å². The lowest BCUT2D eigenvalue weighted by molar-refractivity contribution is 0.0994. The number of fused-ring (bicyclic) bond motifs is 1. The smallest absolute Gasteiger partial charge is 0.163 e. The van der Waals surface area contributed by atoms with Crippen molar-refractivity contribution in [2.45, 2.75) is 12.8 Å². The molecule has 1 aromatic rings. The molecule has 14 heavy (non-hydrogen) atoms. The zero-order valence-corrected chi connectivity index (χ0v) is 7.75. The van der Waals surface area contributed by atoms with E-state index in [9.17, 15) is 4.79 Å². The van der Waals surface area contributed by atoms with Crippen LogP contribution in [0, 0.1) is 12.3 Å². The van der Waals surface area contributed by atoms with Gasteiger partial charge in [-0.3, -0.25) is 4.79 Å². The van der Waals surface area contributed by atoms with Crippen LogP contribution in [0.15, 0.2) is 18.2 Å². The molecule has 0 spiro atoms. The van der Waals surface area contributed by atoms with Gasteiger partial charge in [0.15, 0.2) is 5.78 Å². The zero-order chi connectivity index (χ0) is 9.97. The molecule has 0 atom stereocenters. The monoisotopic (exact) mass is 186 g/mol. The molecule has 2 heteroatoms. The van der Waals surface area contributed by atoms with Gasteiger partial charge in [-0.25, -0.2) is 0 Å². The molecule has 1 aromatic carbocycles. The van der Waals surface area contributed by atoms with E-state index in [-0.39, 0.29) is 12.4 Å². The Hall–Kier alpha value is -1.75. The minimum atomic E-state index is 0.200. The number of Topliss-reactive ketones (excluding diaryl/α,β-unsaturated/α-hetero) is 1. The molecule has 1 aliphatic rings. The first-order valence-corrected chi connectivity index (χ1v) is 4.53. The van der Waals surface area contributed by atoms with Gasteiger partial charge in [-0.2, -0.15) is 0 Å². The summed E-state index contributed by atoms with van der Waals surface area (Å²) in [7, 11) is 0. The lowest BCUT2D eigenvalue weighted by Gasteiger charge is -2.03. The minimum absolute atomic E-state index is 0.200. The van der Waals surface area contributed by atoms with Crippen LogP contribution >= 0.6 is 0 Å². The van der Waals surface area contributed by atoms with Crippen molar-refractivity contribution in [3.05, 3.63) is 29.3 Å². The zero-order valence-electron chi connectivity index (χ0n) is 7.75. The predicted octanol–water partition coefficient (Wildman–Crippen LogP) is 1.83. The summed E-state index contributed by atoms with van der Waals surface area (Å²) in [5.74, 6) is 3.27. The number of carbonyl (C=O) groups excluding carboxylic acids is 1. The summed E-state index contributed by atoms with van der Waals surface area (Å²) < 4.78 is 5.24. The Balaban J connectivity index is 2.27. The normalized spacial score (nSPS) is 13.5. The van der Waals surface area contributed by atoms with Crippen molar-refractivity contribution < 1.29 is 9.53 Å². The van der Waals surface area contributed by atoms with Crippen LogP contribution < -0.4 is 4.74 Å². The van der Waals surface area contributed by atoms with Crippen LogP contribution in [0.25, 0.3) is 0 Å². The highest BCUT2D eigenvalue weighted by molar-refractivity contribution is 6.00. The maximum Gasteiger partial charge on any atom is 0.163 e. The molecule has 0 heterocycles. The standard InChI is InChI=1S/C12H10O2/c1-2-7-14-10-5-3-9-4-6-12(13)11(9)8-10/h1,3,5,8H,4,6-7H2. The van der Waals surface area contributed by atoms with Crippen LogP contribution in [-0.2, 0) is 6.42 Å². The molecule has 2 rings (SSSR count). The Morgan fingerprint density at radius 1 is 1.43 bits per heavy atom. The Bertz CT molecular complexity index is 413. The summed E-state index contributed by atoms with van der Waals surface area (Å²) in [4.78, 5) is 11.4. The van der Waals surface area contributed by atoms with E-state index in [0.29, 0.717) is 12.2 Å². The Morgan fingerprint density at radius 3 is 3.07 bits per heavy atom. The van der Waals surface area contributed by atoms with E-state index in [4.69, 9.17) is 11.2 Å². The highest BCUT2D eigenvalue weighted by Crippen LogP contribution is 2.25. The highest BCUT2D eigenvalue weighted by atomic mass is 16.5. The fraction of sp³-hybridized carbons (Fsp3) is 0.250. The van der Waals surface area contributed by atoms with E-state index in [2.05, 4.69) is 5.92 Å². The number of benzene rings is 1. The third kappa shape index (κ3) is 1.49. The Kier molecular flexibility index (Phi) is 2.24. The number of ketones is 1. The van der Waals surface area contributed by atoms with E-state index in [0.717, 1.165) is 17.5 Å². The number of rotatable bonds is 2. The predicted molar refractivity (Wildman–Crippen MR) is 53.4 cm³/mol. The molecule has 1 aliphatic carbocycles. The van der Waals surface area contributed by atoms with Gasteiger partial charge in [-0.15, -0.1) is 6.42 Å². The van der Waals surface area contributed by atoms with Gasteiger partial charge in [-0.05, 0) is 24.1 Å². The second kappa shape index (κ2) is 3.55. The molecular formula is C12H10O2. The quantitative estimate of drug-likeness (QED) is 0.658. The second-order valence-electron chi connectivity index (χ2n) is 3.23. The van der Waals surface area contributed by atoms with E-state index in [1.165, 1.54) is 0 Å². The summed E-state index contributed by atoms with van der Waals surface area (Å²) in [6.45, 7) is 0.243. The van der Waals surface area contributed by atoms with Crippen LogP contribution in [-0.4, -0.2) is 12.4 Å². The molecule has 0 amide bonds. The molecule has 0 N–H and O–H groups in total. The lowest BCUT2D eigenvalue weighted by atomic mass is 10.1. The van der Waals surface area contributed by atoms with Crippen molar-refractivity contribution in [2.24, 2.45) is 0 Å². The first-order valence-electron chi connectivity index (χ1n) is 4.53. The first kappa shape index (κ1) is 8.83. The van der Waals surface area contributed by atoms with E-state index in [1.807, 2.05) is 12.1 Å². The topological polar surface area (TPSA) is 26.3 Å². The number of hydrogen-bond donors (Lipinski definition) is 0. The first-order chi connectivity index (χ1) is 6.81. The fourth-order valence-electron chi connectivity index (χ4n) is 1.63. The van der Waals surface area contributed by atoms with Crippen LogP contribution in [0.5, 0.6) is 5.75 Å². The average molecular weight is 186 g/mol. The summed E-state index contributed by atoms with van der Waals surface area (Å²) >= 11 is 0. The molecule has 0 fully saturated rings. The summed E-state index contributed by atoms with van der Waals surface area (Å²) in [6.07, 6.45) is 6.54. The molecule has 0 saturated heterocycles. The van der Waals surface area contributed by atoms with E-state index >= 15 is 0 Å². The molecule has 0 aliphatic heterocycles. The van der Waals surface area contributed by atoms with Gasteiger partial charge in [0.2, 0.25) is 0 Å². The fourth-order valence-corrected chi connectivity index (χ4v) is 1.63. The molecule has 70 valence electrons. The molecule has 0 radical (unpaired) electrons. The maximum absolute atomic E-state index is 11.4. The Labute approximate surface area is 82.9 Å². The molecule has 2 nitrogen and oxygen atoms in total. The van der Waals surface area contributed by atoms with E-state index in [1.54, 1.807) is 6.07 Å². The maximum atomic E-state index is 11.4. The lowest BCUT2D eigenvalue weighted by Crippen LogP contribution is -1.96. The van der Waals surface area contributed by atoms with E-state index < -0.39 is 0 Å². The molecule has 0 saturated carbocycles. The minimum Gasteiger partial charge on any atom is -0.481 e. The highest BCUT2D eigenvalue weighted by Gasteiger charge is 2.19. The molecule has 0 aromatic heterocycles. The summed E-state index contributed by atoms with van der Waals surface area (Å²) in [6, 6.07) is 5.57. The van der Waals surface area contributed by atoms with Crippen LogP contribution in [0.2, 0.25) is 0 Å². The van der Waals surface area contributed by atoms with Crippen LogP contribution in [0.3, 0.4) is 0 Å². The van der Waals surface area contributed by atoms with Crippen molar-refractivity contribution in [1.29, 1.82) is 0 Å². The SMILES string of the molecule is C#CCOc1ccc2c(c1)C(=O)CC2. The number of terminal acetylenes is 1. The molecule has 0 unspecified atom stereocenters. The summed E-state index contributed by atoms with van der Waals surface area (Å²) in [5, 5.41) is 0.